The third-order valence-corrected chi connectivity index (χ3v) is 3.41. The lowest BCUT2D eigenvalue weighted by Crippen LogP contribution is -2.45. The summed E-state index contributed by atoms with van der Waals surface area (Å²) in [5.74, 6) is 0.408. The van der Waals surface area contributed by atoms with Crippen molar-refractivity contribution in [3.05, 3.63) is 35.6 Å². The fourth-order valence-electron chi connectivity index (χ4n) is 2.05. The second-order valence-electron chi connectivity index (χ2n) is 5.76. The second-order valence-corrected chi connectivity index (χ2v) is 5.76. The number of halogens is 2. The fourth-order valence-corrected chi connectivity index (χ4v) is 2.05. The largest absolute Gasteiger partial charge is 0.346 e. The zero-order valence-corrected chi connectivity index (χ0v) is 12.7. The number of rotatable bonds is 6. The topological polar surface area (TPSA) is 41.1 Å². The number of hydrogen-bond donors (Lipinski definition) is 2. The number of carbonyl (C=O) groups is 1. The average molecular weight is 301 g/mol. The lowest BCUT2D eigenvalue weighted by Gasteiger charge is -2.27. The first-order valence-electron chi connectivity index (χ1n) is 6.75. The van der Waals surface area contributed by atoms with Crippen molar-refractivity contribution >= 4 is 18.3 Å². The Hall–Kier alpha value is -1.13. The number of hydrogen-bond acceptors (Lipinski definition) is 2. The summed E-state index contributed by atoms with van der Waals surface area (Å²) in [4.78, 5) is 11.9. The summed E-state index contributed by atoms with van der Waals surface area (Å²) >= 11 is 0. The van der Waals surface area contributed by atoms with Gasteiger partial charge >= 0.3 is 0 Å². The molecule has 1 aliphatic carbocycles. The summed E-state index contributed by atoms with van der Waals surface area (Å²) in [6, 6.07) is 6.33. The molecule has 3 nitrogen and oxygen atoms in total. The van der Waals surface area contributed by atoms with Crippen LogP contribution >= 0.6 is 12.4 Å². The van der Waals surface area contributed by atoms with Gasteiger partial charge in [-0.2, -0.15) is 0 Å². The lowest BCUT2D eigenvalue weighted by molar-refractivity contribution is -0.121. The molecule has 5 heteroatoms. The van der Waals surface area contributed by atoms with Crippen molar-refractivity contribution in [1.82, 2.24) is 10.6 Å². The highest BCUT2D eigenvalue weighted by molar-refractivity contribution is 5.85. The van der Waals surface area contributed by atoms with Crippen molar-refractivity contribution in [3.63, 3.8) is 0 Å². The van der Waals surface area contributed by atoms with Gasteiger partial charge in [-0.25, -0.2) is 4.39 Å². The van der Waals surface area contributed by atoms with E-state index in [4.69, 9.17) is 0 Å². The van der Waals surface area contributed by atoms with Gasteiger partial charge in [-0.3, -0.25) is 4.79 Å². The Morgan fingerprint density at radius 3 is 2.70 bits per heavy atom. The van der Waals surface area contributed by atoms with Gasteiger partial charge in [-0.15, -0.1) is 12.4 Å². The van der Waals surface area contributed by atoms with Crippen LogP contribution in [0, 0.1) is 11.7 Å². The Bertz CT molecular complexity index is 461. The van der Waals surface area contributed by atoms with Crippen LogP contribution in [0.25, 0.3) is 0 Å². The number of nitrogens with one attached hydrogen (secondary N) is 2. The van der Waals surface area contributed by atoms with Gasteiger partial charge in [-0.05, 0) is 56.8 Å². The van der Waals surface area contributed by atoms with E-state index in [1.807, 2.05) is 19.9 Å². The van der Waals surface area contributed by atoms with E-state index >= 15 is 0 Å². The van der Waals surface area contributed by atoms with Gasteiger partial charge in [0.05, 0.1) is 12.1 Å². The molecule has 1 aromatic carbocycles. The SMILES string of the molecule is CC(C)(NC(=O)CNCC1CC1)c1cccc(F)c1.Cl. The molecule has 2 rings (SSSR count). The summed E-state index contributed by atoms with van der Waals surface area (Å²) in [6.45, 7) is 4.98. The normalized spacial score (nSPS) is 14.6. The summed E-state index contributed by atoms with van der Waals surface area (Å²) in [5, 5.41) is 6.07. The second kappa shape index (κ2) is 7.04. The van der Waals surface area contributed by atoms with Crippen molar-refractivity contribution in [3.8, 4) is 0 Å². The fraction of sp³-hybridized carbons (Fsp3) is 0.533. The average Bonchev–Trinajstić information content (AvgIpc) is 3.12. The van der Waals surface area contributed by atoms with E-state index in [1.54, 1.807) is 6.07 Å². The summed E-state index contributed by atoms with van der Waals surface area (Å²) < 4.78 is 13.2. The lowest BCUT2D eigenvalue weighted by atomic mass is 9.94. The van der Waals surface area contributed by atoms with Gasteiger partial charge in [0.2, 0.25) is 5.91 Å². The molecular formula is C15H22ClFN2O. The van der Waals surface area contributed by atoms with E-state index < -0.39 is 5.54 Å². The predicted octanol–water partition coefficient (Wildman–Crippen LogP) is 2.60. The van der Waals surface area contributed by atoms with Crippen LogP contribution in [-0.2, 0) is 10.3 Å². The summed E-state index contributed by atoms with van der Waals surface area (Å²) in [6.07, 6.45) is 2.53. The van der Waals surface area contributed by atoms with Crippen LogP contribution in [0.5, 0.6) is 0 Å². The monoisotopic (exact) mass is 300 g/mol. The van der Waals surface area contributed by atoms with Crippen LogP contribution in [0.4, 0.5) is 4.39 Å². The minimum absolute atomic E-state index is 0. The molecule has 0 spiro atoms. The molecule has 1 fully saturated rings. The van der Waals surface area contributed by atoms with Crippen LogP contribution in [-0.4, -0.2) is 19.0 Å². The third-order valence-electron chi connectivity index (χ3n) is 3.41. The van der Waals surface area contributed by atoms with Gasteiger partial charge in [0, 0.05) is 0 Å². The van der Waals surface area contributed by atoms with Crippen molar-refractivity contribution in [2.24, 2.45) is 5.92 Å². The molecule has 0 bridgehead atoms. The molecule has 20 heavy (non-hydrogen) atoms. The van der Waals surface area contributed by atoms with Gasteiger partial charge < -0.3 is 10.6 Å². The van der Waals surface area contributed by atoms with E-state index in [2.05, 4.69) is 10.6 Å². The minimum Gasteiger partial charge on any atom is -0.346 e. The first-order valence-corrected chi connectivity index (χ1v) is 6.75. The smallest absolute Gasteiger partial charge is 0.234 e. The molecule has 0 saturated heterocycles. The van der Waals surface area contributed by atoms with Crippen LogP contribution < -0.4 is 10.6 Å². The molecule has 0 unspecified atom stereocenters. The molecule has 1 aliphatic rings. The highest BCUT2D eigenvalue weighted by Crippen LogP contribution is 2.27. The van der Waals surface area contributed by atoms with E-state index in [-0.39, 0.29) is 24.1 Å². The molecule has 2 N–H and O–H groups in total. The standard InChI is InChI=1S/C15H21FN2O.ClH/c1-15(2,12-4-3-5-13(16)8-12)18-14(19)10-17-9-11-6-7-11;/h3-5,8,11,17H,6-7,9-10H2,1-2H3,(H,18,19);1H. The molecule has 0 heterocycles. The zero-order chi connectivity index (χ0) is 13.9. The Kier molecular flexibility index (Phi) is 5.96. The maximum absolute atomic E-state index is 13.2. The van der Waals surface area contributed by atoms with Crippen molar-refractivity contribution in [1.29, 1.82) is 0 Å². The molecule has 0 aliphatic heterocycles. The maximum Gasteiger partial charge on any atom is 0.234 e. The van der Waals surface area contributed by atoms with Crippen LogP contribution in [0.1, 0.15) is 32.3 Å². The maximum atomic E-state index is 13.2. The van der Waals surface area contributed by atoms with E-state index in [0.717, 1.165) is 18.0 Å². The summed E-state index contributed by atoms with van der Waals surface area (Å²) in [7, 11) is 0. The van der Waals surface area contributed by atoms with E-state index in [0.29, 0.717) is 6.54 Å². The Labute approximate surface area is 125 Å². The molecule has 112 valence electrons. The Balaban J connectivity index is 0.00000200. The van der Waals surface area contributed by atoms with Crippen LogP contribution in [0.2, 0.25) is 0 Å². The molecule has 1 amide bonds. The van der Waals surface area contributed by atoms with Crippen LogP contribution in [0.15, 0.2) is 24.3 Å². The van der Waals surface area contributed by atoms with Crippen molar-refractivity contribution in [2.75, 3.05) is 13.1 Å². The highest BCUT2D eigenvalue weighted by Gasteiger charge is 2.24. The summed E-state index contributed by atoms with van der Waals surface area (Å²) in [5.41, 5.74) is 0.198. The molecule has 0 aromatic heterocycles. The first-order chi connectivity index (χ1) is 8.97. The van der Waals surface area contributed by atoms with E-state index in [1.165, 1.54) is 25.0 Å². The first kappa shape index (κ1) is 16.9. The van der Waals surface area contributed by atoms with Gasteiger partial charge in [0.25, 0.3) is 0 Å². The molecule has 1 aromatic rings. The number of benzene rings is 1. The third kappa shape index (κ3) is 5.10. The highest BCUT2D eigenvalue weighted by atomic mass is 35.5. The Morgan fingerprint density at radius 1 is 1.40 bits per heavy atom. The van der Waals surface area contributed by atoms with Gasteiger partial charge in [0.1, 0.15) is 5.82 Å². The zero-order valence-electron chi connectivity index (χ0n) is 11.9. The van der Waals surface area contributed by atoms with Crippen LogP contribution in [0.3, 0.4) is 0 Å². The quantitative estimate of drug-likeness (QED) is 0.848. The van der Waals surface area contributed by atoms with E-state index in [9.17, 15) is 9.18 Å². The van der Waals surface area contributed by atoms with Gasteiger partial charge in [0.15, 0.2) is 0 Å². The molecule has 0 atom stereocenters. The molecule has 0 radical (unpaired) electrons. The van der Waals surface area contributed by atoms with Crippen molar-refractivity contribution in [2.45, 2.75) is 32.2 Å². The van der Waals surface area contributed by atoms with Gasteiger partial charge in [-0.1, -0.05) is 12.1 Å². The number of amides is 1. The van der Waals surface area contributed by atoms with Crippen molar-refractivity contribution < 1.29 is 9.18 Å². The molecule has 1 saturated carbocycles. The Morgan fingerprint density at radius 2 is 2.10 bits per heavy atom. The minimum atomic E-state index is -0.569. The molecular weight excluding hydrogens is 279 g/mol. The predicted molar refractivity (Wildman–Crippen MR) is 80.4 cm³/mol. The number of carbonyl (C=O) groups excluding carboxylic acids is 1.